The average Bonchev–Trinajstić information content (AvgIpc) is 2.46. The Labute approximate surface area is 112 Å². The lowest BCUT2D eigenvalue weighted by Gasteiger charge is -2.21. The van der Waals surface area contributed by atoms with Gasteiger partial charge in [-0.1, -0.05) is 6.07 Å². The van der Waals surface area contributed by atoms with Gasteiger partial charge in [-0.3, -0.25) is 0 Å². The fourth-order valence-corrected chi connectivity index (χ4v) is 2.02. The minimum atomic E-state index is 0.635. The van der Waals surface area contributed by atoms with E-state index in [4.69, 9.17) is 10.5 Å². The van der Waals surface area contributed by atoms with Crippen molar-refractivity contribution in [2.45, 2.75) is 6.92 Å². The molecule has 0 radical (unpaired) electrons. The van der Waals surface area contributed by atoms with Crippen LogP contribution >= 0.6 is 0 Å². The second-order valence-electron chi connectivity index (χ2n) is 4.33. The number of benzene rings is 2. The molecule has 0 aromatic heterocycles. The van der Waals surface area contributed by atoms with Crippen LogP contribution in [0.5, 0.6) is 0 Å². The fraction of sp³-hybridized carbons (Fsp3) is 0.125. The highest BCUT2D eigenvalue weighted by Crippen LogP contribution is 2.27. The summed E-state index contributed by atoms with van der Waals surface area (Å²) >= 11 is 0. The van der Waals surface area contributed by atoms with E-state index in [9.17, 15) is 0 Å². The first-order chi connectivity index (χ1) is 9.15. The van der Waals surface area contributed by atoms with E-state index in [1.165, 1.54) is 0 Å². The fourth-order valence-electron chi connectivity index (χ4n) is 2.02. The van der Waals surface area contributed by atoms with E-state index in [0.717, 1.165) is 16.9 Å². The third-order valence-electron chi connectivity index (χ3n) is 3.05. The molecule has 0 bridgehead atoms. The van der Waals surface area contributed by atoms with Gasteiger partial charge in [0.05, 0.1) is 23.3 Å². The van der Waals surface area contributed by atoms with Crippen LogP contribution in [-0.2, 0) is 0 Å². The second kappa shape index (κ2) is 5.25. The van der Waals surface area contributed by atoms with E-state index in [1.54, 1.807) is 12.1 Å². The third kappa shape index (κ3) is 2.56. The first-order valence-corrected chi connectivity index (χ1v) is 5.90. The molecule has 0 saturated heterocycles. The molecular formula is C16H13N3. The van der Waals surface area contributed by atoms with Crippen molar-refractivity contribution in [2.75, 3.05) is 11.9 Å². The van der Waals surface area contributed by atoms with Gasteiger partial charge in [-0.15, -0.1) is 0 Å². The molecule has 0 heterocycles. The van der Waals surface area contributed by atoms with Gasteiger partial charge in [-0.2, -0.15) is 10.5 Å². The molecule has 0 saturated carbocycles. The Kier molecular flexibility index (Phi) is 3.50. The molecule has 3 nitrogen and oxygen atoms in total. The van der Waals surface area contributed by atoms with E-state index < -0.39 is 0 Å². The molecule has 0 atom stereocenters. The summed E-state index contributed by atoms with van der Waals surface area (Å²) in [5, 5.41) is 17.8. The quantitative estimate of drug-likeness (QED) is 0.816. The smallest absolute Gasteiger partial charge is 0.0992 e. The highest BCUT2D eigenvalue weighted by Gasteiger charge is 2.08. The maximum absolute atomic E-state index is 8.93. The van der Waals surface area contributed by atoms with Crippen molar-refractivity contribution in [3.05, 3.63) is 59.2 Å². The van der Waals surface area contributed by atoms with Crippen molar-refractivity contribution in [1.82, 2.24) is 0 Å². The summed E-state index contributed by atoms with van der Waals surface area (Å²) in [6, 6.07) is 17.3. The van der Waals surface area contributed by atoms with Crippen LogP contribution in [0.3, 0.4) is 0 Å². The summed E-state index contributed by atoms with van der Waals surface area (Å²) in [6.45, 7) is 1.97. The number of hydrogen-bond acceptors (Lipinski definition) is 3. The van der Waals surface area contributed by atoms with Crippen LogP contribution in [0, 0.1) is 29.6 Å². The molecule has 92 valence electrons. The molecule has 0 spiro atoms. The summed E-state index contributed by atoms with van der Waals surface area (Å²) in [5.41, 5.74) is 4.29. The molecule has 0 N–H and O–H groups in total. The molecule has 2 aromatic carbocycles. The van der Waals surface area contributed by atoms with Gasteiger partial charge in [-0.05, 0) is 48.9 Å². The summed E-state index contributed by atoms with van der Waals surface area (Å²) in [5.74, 6) is 0. The van der Waals surface area contributed by atoms with E-state index in [-0.39, 0.29) is 0 Å². The minimum absolute atomic E-state index is 0.635. The number of anilines is 2. The van der Waals surface area contributed by atoms with Crippen LogP contribution in [0.25, 0.3) is 0 Å². The standard InChI is InChI=1S/C16H13N3/c1-12-8-14(11-18)6-7-16(12)19(2)15-5-3-4-13(9-15)10-17/h3-9H,1-2H3. The Morgan fingerprint density at radius 2 is 1.63 bits per heavy atom. The molecule has 0 aliphatic heterocycles. The molecule has 2 aromatic rings. The highest BCUT2D eigenvalue weighted by atomic mass is 15.1. The molecule has 0 aliphatic carbocycles. The Bertz CT molecular complexity index is 690. The van der Waals surface area contributed by atoms with Crippen LogP contribution in [-0.4, -0.2) is 7.05 Å². The minimum Gasteiger partial charge on any atom is -0.344 e. The molecule has 0 amide bonds. The van der Waals surface area contributed by atoms with Gasteiger partial charge < -0.3 is 4.90 Å². The lowest BCUT2D eigenvalue weighted by Crippen LogP contribution is -2.11. The first kappa shape index (κ1) is 12.7. The SMILES string of the molecule is Cc1cc(C#N)ccc1N(C)c1cccc(C#N)c1. The highest BCUT2D eigenvalue weighted by molar-refractivity contribution is 5.67. The largest absolute Gasteiger partial charge is 0.344 e. The van der Waals surface area contributed by atoms with Crippen molar-refractivity contribution in [1.29, 1.82) is 10.5 Å². The summed E-state index contributed by atoms with van der Waals surface area (Å²) in [7, 11) is 1.95. The molecule has 2 rings (SSSR count). The number of aryl methyl sites for hydroxylation is 1. The lowest BCUT2D eigenvalue weighted by molar-refractivity contribution is 1.18. The number of nitrogens with zero attached hydrogens (tertiary/aromatic N) is 3. The van der Waals surface area contributed by atoms with Gasteiger partial charge in [-0.25, -0.2) is 0 Å². The second-order valence-corrected chi connectivity index (χ2v) is 4.33. The number of nitriles is 2. The molecular weight excluding hydrogens is 234 g/mol. The molecule has 0 aliphatic rings. The van der Waals surface area contributed by atoms with Crippen LogP contribution in [0.1, 0.15) is 16.7 Å². The van der Waals surface area contributed by atoms with Gasteiger partial charge in [0.25, 0.3) is 0 Å². The van der Waals surface area contributed by atoms with Gasteiger partial charge >= 0.3 is 0 Å². The van der Waals surface area contributed by atoms with Gasteiger partial charge in [0, 0.05) is 18.4 Å². The van der Waals surface area contributed by atoms with E-state index in [0.29, 0.717) is 11.1 Å². The first-order valence-electron chi connectivity index (χ1n) is 5.90. The predicted molar refractivity (Wildman–Crippen MR) is 75.1 cm³/mol. The molecule has 0 unspecified atom stereocenters. The van der Waals surface area contributed by atoms with Gasteiger partial charge in [0.1, 0.15) is 0 Å². The predicted octanol–water partition coefficient (Wildman–Crippen LogP) is 3.51. The third-order valence-corrected chi connectivity index (χ3v) is 3.05. The molecule has 19 heavy (non-hydrogen) atoms. The van der Waals surface area contributed by atoms with E-state index in [1.807, 2.05) is 49.2 Å². The molecule has 3 heteroatoms. The Balaban J connectivity index is 2.42. The van der Waals surface area contributed by atoms with Gasteiger partial charge in [0.2, 0.25) is 0 Å². The normalized spacial score (nSPS) is 9.47. The van der Waals surface area contributed by atoms with Crippen LogP contribution < -0.4 is 4.90 Å². The maximum atomic E-state index is 8.93. The summed E-state index contributed by atoms with van der Waals surface area (Å²) in [4.78, 5) is 2.01. The number of rotatable bonds is 2. The van der Waals surface area contributed by atoms with Crippen molar-refractivity contribution in [3.63, 3.8) is 0 Å². The van der Waals surface area contributed by atoms with E-state index in [2.05, 4.69) is 12.1 Å². The van der Waals surface area contributed by atoms with Crippen molar-refractivity contribution in [2.24, 2.45) is 0 Å². The van der Waals surface area contributed by atoms with Crippen LogP contribution in [0.15, 0.2) is 42.5 Å². The Hall–Kier alpha value is -2.78. The van der Waals surface area contributed by atoms with Gasteiger partial charge in [0.15, 0.2) is 0 Å². The average molecular weight is 247 g/mol. The zero-order valence-electron chi connectivity index (χ0n) is 10.9. The maximum Gasteiger partial charge on any atom is 0.0992 e. The Morgan fingerprint density at radius 1 is 0.947 bits per heavy atom. The Morgan fingerprint density at radius 3 is 2.26 bits per heavy atom. The zero-order valence-corrected chi connectivity index (χ0v) is 10.9. The summed E-state index contributed by atoms with van der Waals surface area (Å²) in [6.07, 6.45) is 0. The lowest BCUT2D eigenvalue weighted by atomic mass is 10.1. The number of hydrogen-bond donors (Lipinski definition) is 0. The topological polar surface area (TPSA) is 50.8 Å². The van der Waals surface area contributed by atoms with Crippen molar-refractivity contribution in [3.8, 4) is 12.1 Å². The van der Waals surface area contributed by atoms with Crippen LogP contribution in [0.4, 0.5) is 11.4 Å². The van der Waals surface area contributed by atoms with E-state index >= 15 is 0 Å². The van der Waals surface area contributed by atoms with Crippen molar-refractivity contribution >= 4 is 11.4 Å². The van der Waals surface area contributed by atoms with Crippen molar-refractivity contribution < 1.29 is 0 Å². The zero-order chi connectivity index (χ0) is 13.8. The van der Waals surface area contributed by atoms with Crippen LogP contribution in [0.2, 0.25) is 0 Å². The monoisotopic (exact) mass is 247 g/mol. The summed E-state index contributed by atoms with van der Waals surface area (Å²) < 4.78 is 0. The molecule has 0 fully saturated rings.